The van der Waals surface area contributed by atoms with Crippen molar-refractivity contribution in [3.05, 3.63) is 0 Å². The molecule has 0 unspecified atom stereocenters. The van der Waals surface area contributed by atoms with Crippen LogP contribution in [0, 0.1) is 0 Å². The van der Waals surface area contributed by atoms with Crippen molar-refractivity contribution in [2.45, 2.75) is 76.8 Å². The lowest BCUT2D eigenvalue weighted by Gasteiger charge is -2.41. The van der Waals surface area contributed by atoms with Gasteiger partial charge in [-0.15, -0.1) is 0 Å². The third kappa shape index (κ3) is 3.47. The van der Waals surface area contributed by atoms with Gasteiger partial charge in [-0.05, 0) is 40.2 Å². The van der Waals surface area contributed by atoms with Crippen LogP contribution in [0.4, 0.5) is 0 Å². The molecule has 0 spiro atoms. The van der Waals surface area contributed by atoms with Crippen LogP contribution in [0.25, 0.3) is 0 Å². The van der Waals surface area contributed by atoms with E-state index in [0.29, 0.717) is 6.42 Å². The Balaban J connectivity index is 2.67. The van der Waals surface area contributed by atoms with Crippen LogP contribution < -0.4 is 5.32 Å². The van der Waals surface area contributed by atoms with Crippen LogP contribution in [-0.2, 0) is 4.79 Å². The number of hydrogen-bond acceptors (Lipinski definition) is 2. The van der Waals surface area contributed by atoms with Crippen molar-refractivity contribution in [2.24, 2.45) is 0 Å². The first-order valence-corrected chi connectivity index (χ1v) is 7.32. The molecule has 0 atom stereocenters. The molecular formula is C15H30N2O. The maximum Gasteiger partial charge on any atom is 0.224 e. The van der Waals surface area contributed by atoms with Crippen molar-refractivity contribution < 1.29 is 4.79 Å². The number of nitrogens with zero attached hydrogens (tertiary/aromatic N) is 1. The van der Waals surface area contributed by atoms with Crippen molar-refractivity contribution in [3.8, 4) is 0 Å². The van der Waals surface area contributed by atoms with Gasteiger partial charge in [0.15, 0.2) is 0 Å². The van der Waals surface area contributed by atoms with Gasteiger partial charge >= 0.3 is 0 Å². The largest absolute Gasteiger partial charge is 0.341 e. The molecule has 3 heteroatoms. The summed E-state index contributed by atoms with van der Waals surface area (Å²) in [6.45, 7) is 6.41. The molecule has 0 bridgehead atoms. The zero-order valence-electron chi connectivity index (χ0n) is 12.8. The Labute approximate surface area is 112 Å². The molecule has 1 aliphatic carbocycles. The lowest BCUT2D eigenvalue weighted by atomic mass is 9.79. The highest BCUT2D eigenvalue weighted by molar-refractivity contribution is 5.78. The van der Waals surface area contributed by atoms with Crippen molar-refractivity contribution in [1.29, 1.82) is 0 Å². The molecule has 1 fully saturated rings. The summed E-state index contributed by atoms with van der Waals surface area (Å²) in [6, 6.07) is 0. The van der Waals surface area contributed by atoms with Crippen LogP contribution in [-0.4, -0.2) is 36.0 Å². The first-order chi connectivity index (χ1) is 8.37. The van der Waals surface area contributed by atoms with Gasteiger partial charge in [-0.3, -0.25) is 4.79 Å². The molecule has 0 aromatic carbocycles. The van der Waals surface area contributed by atoms with E-state index in [1.54, 1.807) is 0 Å². The maximum atomic E-state index is 12.5. The van der Waals surface area contributed by atoms with E-state index in [0.717, 1.165) is 19.3 Å². The second-order valence-corrected chi connectivity index (χ2v) is 6.39. The number of nitrogens with one attached hydrogen (secondary N) is 1. The van der Waals surface area contributed by atoms with Gasteiger partial charge in [0, 0.05) is 24.5 Å². The molecule has 0 aromatic rings. The van der Waals surface area contributed by atoms with Crippen LogP contribution in [0.2, 0.25) is 0 Å². The topological polar surface area (TPSA) is 32.3 Å². The molecule has 0 saturated heterocycles. The van der Waals surface area contributed by atoms with Gasteiger partial charge in [-0.1, -0.05) is 26.2 Å². The van der Waals surface area contributed by atoms with E-state index < -0.39 is 0 Å². The summed E-state index contributed by atoms with van der Waals surface area (Å²) >= 11 is 0. The highest BCUT2D eigenvalue weighted by Gasteiger charge is 2.35. The van der Waals surface area contributed by atoms with Crippen LogP contribution in [0.5, 0.6) is 0 Å². The predicted octanol–water partition coefficient (Wildman–Crippen LogP) is 2.95. The van der Waals surface area contributed by atoms with Crippen molar-refractivity contribution >= 4 is 5.91 Å². The van der Waals surface area contributed by atoms with Gasteiger partial charge in [-0.25, -0.2) is 0 Å². The maximum absolute atomic E-state index is 12.5. The Bertz CT molecular complexity index is 280. The smallest absolute Gasteiger partial charge is 0.224 e. The Morgan fingerprint density at radius 1 is 1.28 bits per heavy atom. The van der Waals surface area contributed by atoms with Crippen molar-refractivity contribution in [1.82, 2.24) is 10.2 Å². The molecule has 0 aliphatic heterocycles. The van der Waals surface area contributed by atoms with E-state index in [9.17, 15) is 4.79 Å². The Hall–Kier alpha value is -0.570. The molecule has 1 N–H and O–H groups in total. The quantitative estimate of drug-likeness (QED) is 0.818. The third-order valence-corrected chi connectivity index (χ3v) is 4.98. The normalized spacial score (nSPS) is 19.6. The summed E-state index contributed by atoms with van der Waals surface area (Å²) in [5.41, 5.74) is 0.00803. The number of hydrogen-bond donors (Lipinski definition) is 1. The molecule has 3 nitrogen and oxygen atoms in total. The van der Waals surface area contributed by atoms with E-state index in [1.165, 1.54) is 19.3 Å². The van der Waals surface area contributed by atoms with Crippen LogP contribution in [0.1, 0.15) is 65.7 Å². The fourth-order valence-electron chi connectivity index (χ4n) is 2.73. The van der Waals surface area contributed by atoms with Gasteiger partial charge in [0.2, 0.25) is 5.91 Å². The molecule has 0 radical (unpaired) electrons. The zero-order chi connectivity index (χ0) is 13.8. The third-order valence-electron chi connectivity index (χ3n) is 4.98. The lowest BCUT2D eigenvalue weighted by Crippen LogP contribution is -2.52. The van der Waals surface area contributed by atoms with Gasteiger partial charge in [0.25, 0.3) is 0 Å². The second kappa shape index (κ2) is 6.05. The minimum Gasteiger partial charge on any atom is -0.341 e. The first-order valence-electron chi connectivity index (χ1n) is 7.32. The molecule has 1 amide bonds. The number of rotatable bonds is 5. The summed E-state index contributed by atoms with van der Waals surface area (Å²) in [4.78, 5) is 14.4. The second-order valence-electron chi connectivity index (χ2n) is 6.39. The minimum absolute atomic E-state index is 0.0410. The molecular weight excluding hydrogens is 224 g/mol. The summed E-state index contributed by atoms with van der Waals surface area (Å²) < 4.78 is 0. The summed E-state index contributed by atoms with van der Waals surface area (Å²) in [6.07, 6.45) is 7.70. The summed E-state index contributed by atoms with van der Waals surface area (Å²) in [7, 11) is 3.95. The van der Waals surface area contributed by atoms with Crippen LogP contribution in [0.3, 0.4) is 0 Å². The monoisotopic (exact) mass is 254 g/mol. The van der Waals surface area contributed by atoms with Crippen molar-refractivity contribution in [3.63, 3.8) is 0 Å². The Kier molecular flexibility index (Phi) is 5.20. The van der Waals surface area contributed by atoms with Crippen LogP contribution in [0.15, 0.2) is 0 Å². The van der Waals surface area contributed by atoms with Crippen LogP contribution >= 0.6 is 0 Å². The van der Waals surface area contributed by atoms with E-state index in [1.807, 2.05) is 19.0 Å². The van der Waals surface area contributed by atoms with Gasteiger partial charge in [0.1, 0.15) is 0 Å². The molecule has 0 heterocycles. The molecule has 106 valence electrons. The Morgan fingerprint density at radius 2 is 1.83 bits per heavy atom. The highest BCUT2D eigenvalue weighted by Crippen LogP contribution is 2.32. The number of amides is 1. The molecule has 1 saturated carbocycles. The van der Waals surface area contributed by atoms with E-state index in [4.69, 9.17) is 0 Å². The molecule has 1 rings (SSSR count). The van der Waals surface area contributed by atoms with Crippen molar-refractivity contribution in [2.75, 3.05) is 14.1 Å². The average molecular weight is 254 g/mol. The SMILES string of the molecule is CCC(C)(C)N(C)C(=O)CC1(NC)CCCCC1. The van der Waals surface area contributed by atoms with E-state index in [-0.39, 0.29) is 17.0 Å². The van der Waals surface area contributed by atoms with E-state index >= 15 is 0 Å². The lowest BCUT2D eigenvalue weighted by molar-refractivity contribution is -0.136. The van der Waals surface area contributed by atoms with E-state index in [2.05, 4.69) is 26.1 Å². The summed E-state index contributed by atoms with van der Waals surface area (Å²) in [5.74, 6) is 0.276. The molecule has 0 aromatic heterocycles. The van der Waals surface area contributed by atoms with Gasteiger partial charge in [0.05, 0.1) is 0 Å². The standard InChI is InChI=1S/C15H30N2O/c1-6-14(2,3)17(5)13(18)12-15(16-4)10-8-7-9-11-15/h16H,6-12H2,1-5H3. The minimum atomic E-state index is -0.0410. The fraction of sp³-hybridized carbons (Fsp3) is 0.933. The van der Waals surface area contributed by atoms with Gasteiger partial charge in [-0.2, -0.15) is 0 Å². The summed E-state index contributed by atoms with van der Waals surface area (Å²) in [5, 5.41) is 3.43. The predicted molar refractivity (Wildman–Crippen MR) is 76.6 cm³/mol. The number of carbonyl (C=O) groups is 1. The Morgan fingerprint density at radius 3 is 2.28 bits per heavy atom. The highest BCUT2D eigenvalue weighted by atomic mass is 16.2. The molecule has 1 aliphatic rings. The fourth-order valence-corrected chi connectivity index (χ4v) is 2.73. The number of carbonyl (C=O) groups excluding carboxylic acids is 1. The zero-order valence-corrected chi connectivity index (χ0v) is 12.8. The molecule has 18 heavy (non-hydrogen) atoms. The average Bonchev–Trinajstić information content (AvgIpc) is 2.38. The van der Waals surface area contributed by atoms with Gasteiger partial charge < -0.3 is 10.2 Å². The first kappa shape index (κ1) is 15.5.